The minimum Gasteiger partial charge on any atom is -0.574 e. The van der Waals surface area contributed by atoms with E-state index >= 15 is 0 Å². The fraction of sp³-hybridized carbons (Fsp3) is 0.667. The van der Waals surface area contributed by atoms with Crippen LogP contribution in [0.1, 0.15) is 6.42 Å². The SMILES string of the molecule is N[S+]([O-])N1CCC1=O. The van der Waals surface area contributed by atoms with Gasteiger partial charge in [0.2, 0.25) is 0 Å². The van der Waals surface area contributed by atoms with E-state index in [1.54, 1.807) is 0 Å². The van der Waals surface area contributed by atoms with Gasteiger partial charge in [-0.3, -0.25) is 4.79 Å². The van der Waals surface area contributed by atoms with E-state index in [4.69, 9.17) is 5.14 Å². The molecule has 0 bridgehead atoms. The Morgan fingerprint density at radius 1 is 1.88 bits per heavy atom. The maximum Gasteiger partial charge on any atom is 0.267 e. The highest BCUT2D eigenvalue weighted by Crippen LogP contribution is 2.10. The highest BCUT2D eigenvalue weighted by molar-refractivity contribution is 7.87. The maximum absolute atomic E-state index is 10.3. The molecule has 1 aliphatic rings. The van der Waals surface area contributed by atoms with Crippen LogP contribution in [0.3, 0.4) is 0 Å². The van der Waals surface area contributed by atoms with Crippen LogP contribution >= 0.6 is 0 Å². The van der Waals surface area contributed by atoms with Crippen molar-refractivity contribution < 1.29 is 9.35 Å². The first kappa shape index (κ1) is 5.87. The molecule has 0 radical (unpaired) electrons. The molecule has 1 saturated heterocycles. The molecular weight excluding hydrogens is 128 g/mol. The molecule has 1 rings (SSSR count). The summed E-state index contributed by atoms with van der Waals surface area (Å²) >= 11 is -1.57. The molecule has 1 heterocycles. The highest BCUT2D eigenvalue weighted by atomic mass is 32.2. The van der Waals surface area contributed by atoms with E-state index in [1.807, 2.05) is 0 Å². The Labute approximate surface area is 50.1 Å². The van der Waals surface area contributed by atoms with Crippen LogP contribution in [-0.2, 0) is 16.3 Å². The number of carbonyl (C=O) groups excluding carboxylic acids is 1. The standard InChI is InChI=1S/C3H6N2O2S/c4-8(7)5-2-1-3(5)6/h1-2,4H2. The predicted molar refractivity (Wildman–Crippen MR) is 28.7 cm³/mol. The lowest BCUT2D eigenvalue weighted by molar-refractivity contribution is -0.133. The van der Waals surface area contributed by atoms with E-state index in [1.165, 1.54) is 0 Å². The Morgan fingerprint density at radius 3 is 2.50 bits per heavy atom. The molecule has 1 amide bonds. The lowest BCUT2D eigenvalue weighted by Gasteiger charge is -2.26. The van der Waals surface area contributed by atoms with Gasteiger partial charge in [0.15, 0.2) is 11.5 Å². The van der Waals surface area contributed by atoms with Crippen LogP contribution < -0.4 is 5.14 Å². The summed E-state index contributed by atoms with van der Waals surface area (Å²) in [4.78, 5) is 10.3. The Hall–Kier alpha value is -0.260. The number of rotatable bonds is 1. The van der Waals surface area contributed by atoms with Crippen LogP contribution in [0, 0.1) is 0 Å². The first-order chi connectivity index (χ1) is 3.72. The minimum atomic E-state index is -1.57. The monoisotopic (exact) mass is 134 g/mol. The normalized spacial score (nSPS) is 22.8. The first-order valence-corrected chi connectivity index (χ1v) is 3.35. The number of hydrogen-bond acceptors (Lipinski definition) is 3. The Bertz CT molecular complexity index is 116. The van der Waals surface area contributed by atoms with Gasteiger partial charge in [-0.15, -0.1) is 9.44 Å². The van der Waals surface area contributed by atoms with Crippen molar-refractivity contribution in [2.75, 3.05) is 6.54 Å². The molecule has 4 nitrogen and oxygen atoms in total. The van der Waals surface area contributed by atoms with Crippen LogP contribution in [0.15, 0.2) is 0 Å². The number of carbonyl (C=O) groups is 1. The fourth-order valence-corrected chi connectivity index (χ4v) is 1.05. The van der Waals surface area contributed by atoms with E-state index in [0.717, 1.165) is 4.31 Å². The predicted octanol–water partition coefficient (Wildman–Crippen LogP) is -1.24. The number of nitrogens with two attached hydrogens (primary N) is 1. The Morgan fingerprint density at radius 2 is 2.50 bits per heavy atom. The van der Waals surface area contributed by atoms with E-state index in [0.29, 0.717) is 13.0 Å². The molecule has 0 saturated carbocycles. The Balaban J connectivity index is 2.37. The largest absolute Gasteiger partial charge is 0.574 e. The van der Waals surface area contributed by atoms with Gasteiger partial charge in [0.1, 0.15) is 0 Å². The van der Waals surface area contributed by atoms with E-state index in [2.05, 4.69) is 0 Å². The zero-order valence-corrected chi connectivity index (χ0v) is 4.98. The zero-order valence-electron chi connectivity index (χ0n) is 4.16. The molecule has 0 aromatic carbocycles. The second-order valence-electron chi connectivity index (χ2n) is 1.52. The number of β-lactam (4-membered cyclic amide) rings is 1. The lowest BCUT2D eigenvalue weighted by atomic mass is 10.3. The molecule has 1 aliphatic heterocycles. The molecule has 0 spiro atoms. The van der Waals surface area contributed by atoms with Gasteiger partial charge in [-0.1, -0.05) is 0 Å². The smallest absolute Gasteiger partial charge is 0.267 e. The third-order valence-corrected chi connectivity index (χ3v) is 1.84. The van der Waals surface area contributed by atoms with Gasteiger partial charge in [0.05, 0.1) is 13.0 Å². The van der Waals surface area contributed by atoms with Crippen molar-refractivity contribution in [2.45, 2.75) is 6.42 Å². The lowest BCUT2D eigenvalue weighted by Crippen LogP contribution is -2.50. The summed E-state index contributed by atoms with van der Waals surface area (Å²) < 4.78 is 11.4. The second-order valence-corrected chi connectivity index (χ2v) is 2.52. The summed E-state index contributed by atoms with van der Waals surface area (Å²) in [6.07, 6.45) is 0.489. The summed E-state index contributed by atoms with van der Waals surface area (Å²) in [7, 11) is 0. The maximum atomic E-state index is 10.3. The first-order valence-electron chi connectivity index (χ1n) is 2.18. The molecular formula is C3H6N2O2S. The second kappa shape index (κ2) is 1.93. The van der Waals surface area contributed by atoms with E-state index < -0.39 is 11.5 Å². The zero-order chi connectivity index (χ0) is 6.15. The molecule has 8 heavy (non-hydrogen) atoms. The number of amides is 1. The van der Waals surface area contributed by atoms with E-state index in [-0.39, 0.29) is 5.91 Å². The quantitative estimate of drug-likeness (QED) is 0.360. The number of hydrogen-bond donors (Lipinski definition) is 1. The molecule has 1 atom stereocenters. The number of nitrogens with zero attached hydrogens (tertiary/aromatic N) is 1. The van der Waals surface area contributed by atoms with Gasteiger partial charge in [-0.25, -0.2) is 0 Å². The third-order valence-electron chi connectivity index (χ3n) is 1.02. The van der Waals surface area contributed by atoms with Crippen LogP contribution in [0.25, 0.3) is 0 Å². The molecule has 0 aromatic rings. The van der Waals surface area contributed by atoms with Gasteiger partial charge >= 0.3 is 0 Å². The topological polar surface area (TPSA) is 69.4 Å². The third kappa shape index (κ3) is 0.795. The molecule has 5 heteroatoms. The van der Waals surface area contributed by atoms with Crippen molar-refractivity contribution >= 4 is 17.5 Å². The van der Waals surface area contributed by atoms with Crippen LogP contribution in [-0.4, -0.2) is 21.3 Å². The van der Waals surface area contributed by atoms with Gasteiger partial charge in [0, 0.05) is 0 Å². The summed E-state index contributed by atoms with van der Waals surface area (Å²) in [6, 6.07) is 0. The highest BCUT2D eigenvalue weighted by Gasteiger charge is 2.32. The van der Waals surface area contributed by atoms with Crippen molar-refractivity contribution in [3.63, 3.8) is 0 Å². The van der Waals surface area contributed by atoms with Crippen molar-refractivity contribution in [3.05, 3.63) is 0 Å². The molecule has 0 aromatic heterocycles. The van der Waals surface area contributed by atoms with Crippen LogP contribution in [0.2, 0.25) is 0 Å². The van der Waals surface area contributed by atoms with Crippen molar-refractivity contribution in [1.82, 2.24) is 4.31 Å². The molecule has 1 unspecified atom stereocenters. The molecule has 2 N–H and O–H groups in total. The summed E-state index contributed by atoms with van der Waals surface area (Å²) in [5.41, 5.74) is 0. The molecule has 0 aliphatic carbocycles. The molecule has 1 fully saturated rings. The summed E-state index contributed by atoms with van der Waals surface area (Å²) in [5, 5.41) is 4.87. The Kier molecular flexibility index (Phi) is 1.41. The van der Waals surface area contributed by atoms with Crippen molar-refractivity contribution in [1.29, 1.82) is 0 Å². The van der Waals surface area contributed by atoms with Gasteiger partial charge in [-0.05, 0) is 0 Å². The van der Waals surface area contributed by atoms with Gasteiger partial charge in [-0.2, -0.15) is 0 Å². The minimum absolute atomic E-state index is 0.120. The summed E-state index contributed by atoms with van der Waals surface area (Å²) in [5.74, 6) is -0.120. The van der Waals surface area contributed by atoms with E-state index in [9.17, 15) is 9.35 Å². The van der Waals surface area contributed by atoms with Crippen molar-refractivity contribution in [2.24, 2.45) is 5.14 Å². The average Bonchev–Trinajstić information content (AvgIpc) is 1.61. The van der Waals surface area contributed by atoms with Crippen molar-refractivity contribution in [3.8, 4) is 0 Å². The van der Waals surface area contributed by atoms with Gasteiger partial charge < -0.3 is 4.55 Å². The summed E-state index contributed by atoms with van der Waals surface area (Å²) in [6.45, 7) is 0.544. The van der Waals surface area contributed by atoms with Crippen LogP contribution in [0.5, 0.6) is 0 Å². The fourth-order valence-electron chi connectivity index (χ4n) is 0.485. The molecule has 46 valence electrons. The van der Waals surface area contributed by atoms with Crippen LogP contribution in [0.4, 0.5) is 0 Å². The average molecular weight is 134 g/mol. The van der Waals surface area contributed by atoms with Gasteiger partial charge in [0.25, 0.3) is 5.91 Å².